The van der Waals surface area contributed by atoms with Crippen LogP contribution in [0.1, 0.15) is 32.1 Å². The maximum Gasteiger partial charge on any atom is 0.119 e. The van der Waals surface area contributed by atoms with Crippen LogP contribution in [0.3, 0.4) is 0 Å². The molecule has 3 heteroatoms. The van der Waals surface area contributed by atoms with Gasteiger partial charge < -0.3 is 9.47 Å². The summed E-state index contributed by atoms with van der Waals surface area (Å²) < 4.78 is 11.0. The van der Waals surface area contributed by atoms with Crippen molar-refractivity contribution < 1.29 is 9.47 Å². The molecule has 0 N–H and O–H groups in total. The first-order valence-corrected chi connectivity index (χ1v) is 7.18. The van der Waals surface area contributed by atoms with E-state index in [2.05, 4.69) is 0 Å². The average molecular weight is 269 g/mol. The Kier molecular flexibility index (Phi) is 5.82. The molecule has 0 spiro atoms. The Morgan fingerprint density at radius 1 is 1.11 bits per heavy atom. The summed E-state index contributed by atoms with van der Waals surface area (Å²) in [7, 11) is 0. The molecule has 0 aliphatic carbocycles. The van der Waals surface area contributed by atoms with Crippen molar-refractivity contribution in [3.63, 3.8) is 0 Å². The summed E-state index contributed by atoms with van der Waals surface area (Å²) in [4.78, 5) is 0. The highest BCUT2D eigenvalue weighted by Crippen LogP contribution is 2.21. The molecule has 2 nitrogen and oxygen atoms in total. The minimum absolute atomic E-state index is 0.752. The van der Waals surface area contributed by atoms with Crippen molar-refractivity contribution in [1.29, 1.82) is 0 Å². The summed E-state index contributed by atoms with van der Waals surface area (Å²) in [5.74, 6) is 1.78. The molecule has 1 fully saturated rings. The van der Waals surface area contributed by atoms with Gasteiger partial charge >= 0.3 is 0 Å². The van der Waals surface area contributed by atoms with Crippen LogP contribution < -0.4 is 4.74 Å². The van der Waals surface area contributed by atoms with E-state index in [1.165, 1.54) is 25.7 Å². The normalized spacial score (nSPS) is 16.7. The summed E-state index contributed by atoms with van der Waals surface area (Å²) in [6, 6.07) is 7.56. The van der Waals surface area contributed by atoms with Gasteiger partial charge in [0.05, 0.1) is 6.61 Å². The van der Waals surface area contributed by atoms with Gasteiger partial charge in [-0.25, -0.2) is 0 Å². The Morgan fingerprint density at radius 3 is 2.56 bits per heavy atom. The number of hydrogen-bond donors (Lipinski definition) is 0. The molecule has 1 saturated heterocycles. The Morgan fingerprint density at radius 2 is 1.83 bits per heavy atom. The number of ether oxygens (including phenoxy) is 2. The van der Waals surface area contributed by atoms with Gasteiger partial charge in [0.15, 0.2) is 0 Å². The molecule has 1 aliphatic rings. The predicted molar refractivity (Wildman–Crippen MR) is 74.3 cm³/mol. The second-order valence-corrected chi connectivity index (χ2v) is 5.29. The number of benzene rings is 1. The van der Waals surface area contributed by atoms with Crippen LogP contribution in [0, 0.1) is 5.92 Å². The fourth-order valence-electron chi connectivity index (χ4n) is 2.29. The van der Waals surface area contributed by atoms with Crippen LogP contribution >= 0.6 is 11.6 Å². The maximum atomic E-state index is 5.82. The fourth-order valence-corrected chi connectivity index (χ4v) is 2.42. The molecule has 1 aromatic carbocycles. The number of hydrogen-bond acceptors (Lipinski definition) is 2. The van der Waals surface area contributed by atoms with E-state index in [1.807, 2.05) is 24.3 Å². The summed E-state index contributed by atoms with van der Waals surface area (Å²) >= 11 is 5.82. The van der Waals surface area contributed by atoms with Crippen LogP contribution in [0.15, 0.2) is 24.3 Å². The van der Waals surface area contributed by atoms with Crippen molar-refractivity contribution in [3.05, 3.63) is 29.3 Å². The Labute approximate surface area is 114 Å². The molecule has 0 atom stereocenters. The van der Waals surface area contributed by atoms with E-state index in [-0.39, 0.29) is 0 Å². The molecule has 0 unspecified atom stereocenters. The minimum Gasteiger partial charge on any atom is -0.494 e. The second kappa shape index (κ2) is 7.65. The molecular formula is C15H21ClO2. The smallest absolute Gasteiger partial charge is 0.119 e. The molecule has 2 rings (SSSR count). The number of rotatable bonds is 6. The highest BCUT2D eigenvalue weighted by atomic mass is 35.5. The van der Waals surface area contributed by atoms with Crippen LogP contribution in [-0.4, -0.2) is 19.8 Å². The molecule has 0 bridgehead atoms. The lowest BCUT2D eigenvalue weighted by Gasteiger charge is -2.21. The molecule has 18 heavy (non-hydrogen) atoms. The topological polar surface area (TPSA) is 18.5 Å². The zero-order valence-electron chi connectivity index (χ0n) is 10.7. The quantitative estimate of drug-likeness (QED) is 0.716. The van der Waals surface area contributed by atoms with Crippen molar-refractivity contribution in [2.75, 3.05) is 19.8 Å². The van der Waals surface area contributed by atoms with Gasteiger partial charge in [-0.1, -0.05) is 18.0 Å². The van der Waals surface area contributed by atoms with E-state index < -0.39 is 0 Å². The Bertz CT molecular complexity index is 331. The standard InChI is InChI=1S/C15H21ClO2/c16-14-4-6-15(7-5-14)18-10-2-1-3-13-8-11-17-12-9-13/h4-7,13H,1-3,8-12H2. The van der Waals surface area contributed by atoms with Gasteiger partial charge in [-0.2, -0.15) is 0 Å². The molecule has 1 aliphatic heterocycles. The third-order valence-electron chi connectivity index (χ3n) is 3.43. The third kappa shape index (κ3) is 4.87. The second-order valence-electron chi connectivity index (χ2n) is 4.85. The number of unbranched alkanes of at least 4 members (excludes halogenated alkanes) is 1. The highest BCUT2D eigenvalue weighted by Gasteiger charge is 2.12. The first kappa shape index (κ1) is 13.7. The lowest BCUT2D eigenvalue weighted by Crippen LogP contribution is -2.15. The van der Waals surface area contributed by atoms with E-state index in [0.29, 0.717) is 0 Å². The van der Waals surface area contributed by atoms with Crippen LogP contribution in [0.4, 0.5) is 0 Å². The average Bonchev–Trinajstić information content (AvgIpc) is 2.42. The monoisotopic (exact) mass is 268 g/mol. The summed E-state index contributed by atoms with van der Waals surface area (Å²) in [5, 5.41) is 0.752. The van der Waals surface area contributed by atoms with Crippen molar-refractivity contribution in [1.82, 2.24) is 0 Å². The van der Waals surface area contributed by atoms with Crippen molar-refractivity contribution in [3.8, 4) is 5.75 Å². The predicted octanol–water partition coefficient (Wildman–Crippen LogP) is 4.32. The van der Waals surface area contributed by atoms with Gasteiger partial charge in [-0.3, -0.25) is 0 Å². The number of halogens is 1. The highest BCUT2D eigenvalue weighted by molar-refractivity contribution is 6.30. The van der Waals surface area contributed by atoms with Gasteiger partial charge in [-0.05, 0) is 55.9 Å². The van der Waals surface area contributed by atoms with Gasteiger partial charge in [0.25, 0.3) is 0 Å². The van der Waals surface area contributed by atoms with Gasteiger partial charge in [0.1, 0.15) is 5.75 Å². The van der Waals surface area contributed by atoms with E-state index in [4.69, 9.17) is 21.1 Å². The molecular weight excluding hydrogens is 248 g/mol. The van der Waals surface area contributed by atoms with Crippen LogP contribution in [0.25, 0.3) is 0 Å². The Balaban J connectivity index is 1.54. The fraction of sp³-hybridized carbons (Fsp3) is 0.600. The zero-order valence-corrected chi connectivity index (χ0v) is 11.5. The van der Waals surface area contributed by atoms with E-state index in [9.17, 15) is 0 Å². The molecule has 0 radical (unpaired) electrons. The molecule has 0 aromatic heterocycles. The summed E-state index contributed by atoms with van der Waals surface area (Å²) in [6.07, 6.45) is 6.15. The maximum absolute atomic E-state index is 5.82. The van der Waals surface area contributed by atoms with Crippen LogP contribution in [0.2, 0.25) is 5.02 Å². The Hall–Kier alpha value is -0.730. The van der Waals surface area contributed by atoms with E-state index in [0.717, 1.165) is 42.9 Å². The van der Waals surface area contributed by atoms with Gasteiger partial charge in [0.2, 0.25) is 0 Å². The molecule has 0 saturated carbocycles. The zero-order chi connectivity index (χ0) is 12.6. The molecule has 1 heterocycles. The molecule has 0 amide bonds. The molecule has 1 aromatic rings. The lowest BCUT2D eigenvalue weighted by molar-refractivity contribution is 0.0628. The van der Waals surface area contributed by atoms with Crippen molar-refractivity contribution >= 4 is 11.6 Å². The van der Waals surface area contributed by atoms with Crippen molar-refractivity contribution in [2.24, 2.45) is 5.92 Å². The molecule has 100 valence electrons. The SMILES string of the molecule is Clc1ccc(OCCCCC2CCOCC2)cc1. The summed E-state index contributed by atoms with van der Waals surface area (Å²) in [5.41, 5.74) is 0. The lowest BCUT2D eigenvalue weighted by atomic mass is 9.94. The van der Waals surface area contributed by atoms with E-state index >= 15 is 0 Å². The summed E-state index contributed by atoms with van der Waals surface area (Å²) in [6.45, 7) is 2.70. The largest absolute Gasteiger partial charge is 0.494 e. The van der Waals surface area contributed by atoms with E-state index in [1.54, 1.807) is 0 Å². The van der Waals surface area contributed by atoms with Crippen molar-refractivity contribution in [2.45, 2.75) is 32.1 Å². The van der Waals surface area contributed by atoms with Crippen LogP contribution in [0.5, 0.6) is 5.75 Å². The third-order valence-corrected chi connectivity index (χ3v) is 3.68. The van der Waals surface area contributed by atoms with Crippen LogP contribution in [-0.2, 0) is 4.74 Å². The van der Waals surface area contributed by atoms with Gasteiger partial charge in [0, 0.05) is 18.2 Å². The first-order valence-electron chi connectivity index (χ1n) is 6.81. The van der Waals surface area contributed by atoms with Gasteiger partial charge in [-0.15, -0.1) is 0 Å². The first-order chi connectivity index (χ1) is 8.84. The minimum atomic E-state index is 0.752.